The molecule has 98 valence electrons. The zero-order valence-corrected chi connectivity index (χ0v) is 10.3. The third-order valence-electron chi connectivity index (χ3n) is 2.76. The molecule has 1 aromatic carbocycles. The second-order valence-corrected chi connectivity index (χ2v) is 4.22. The Morgan fingerprint density at radius 2 is 2.11 bits per heavy atom. The molecule has 0 fully saturated rings. The number of methoxy groups -OCH3 is 1. The van der Waals surface area contributed by atoms with Crippen LogP contribution in [0, 0.1) is 0 Å². The number of hydrogen-bond acceptors (Lipinski definition) is 5. The van der Waals surface area contributed by atoms with Crippen LogP contribution in [0.2, 0.25) is 0 Å². The van der Waals surface area contributed by atoms with Gasteiger partial charge >= 0.3 is 5.97 Å². The van der Waals surface area contributed by atoms with Crippen LogP contribution in [-0.2, 0) is 16.0 Å². The normalized spacial score (nSPS) is 15.0. The molecule has 0 saturated carbocycles. The molecule has 18 heavy (non-hydrogen) atoms. The Labute approximate surface area is 106 Å². The van der Waals surface area contributed by atoms with E-state index >= 15 is 0 Å². The highest BCUT2D eigenvalue weighted by atomic mass is 16.6. The summed E-state index contributed by atoms with van der Waals surface area (Å²) in [7, 11) is 1.36. The van der Waals surface area contributed by atoms with Crippen molar-refractivity contribution in [2.45, 2.75) is 18.9 Å². The Bertz CT molecular complexity index is 433. The summed E-state index contributed by atoms with van der Waals surface area (Å²) in [4.78, 5) is 11.1. The molecule has 5 nitrogen and oxygen atoms in total. The average Bonchev–Trinajstić information content (AvgIpc) is 2.38. The molecular formula is C13H17NO4. The van der Waals surface area contributed by atoms with Crippen molar-refractivity contribution in [3.63, 3.8) is 0 Å². The smallest absolute Gasteiger partial charge is 0.307 e. The van der Waals surface area contributed by atoms with Gasteiger partial charge in [-0.2, -0.15) is 0 Å². The molecule has 5 heteroatoms. The highest BCUT2D eigenvalue weighted by Crippen LogP contribution is 2.31. The zero-order chi connectivity index (χ0) is 13.0. The minimum Gasteiger partial charge on any atom is -0.486 e. The molecule has 1 aromatic rings. The quantitative estimate of drug-likeness (QED) is 0.805. The van der Waals surface area contributed by atoms with E-state index in [1.165, 1.54) is 7.11 Å². The van der Waals surface area contributed by atoms with Crippen molar-refractivity contribution in [1.29, 1.82) is 0 Å². The summed E-state index contributed by atoms with van der Waals surface area (Å²) in [6.45, 7) is 1.14. The predicted octanol–water partition coefficient (Wildman–Crippen LogP) is 0.891. The van der Waals surface area contributed by atoms with Gasteiger partial charge in [-0.1, -0.05) is 6.07 Å². The number of rotatable bonds is 4. The number of carbonyl (C=O) groups is 1. The van der Waals surface area contributed by atoms with Gasteiger partial charge in [0, 0.05) is 6.04 Å². The first-order valence-electron chi connectivity index (χ1n) is 5.90. The van der Waals surface area contributed by atoms with Gasteiger partial charge in [-0.15, -0.1) is 0 Å². The molecule has 2 rings (SSSR count). The highest BCUT2D eigenvalue weighted by molar-refractivity contribution is 5.69. The lowest BCUT2D eigenvalue weighted by Crippen LogP contribution is -2.27. The summed E-state index contributed by atoms with van der Waals surface area (Å²) < 4.78 is 15.5. The van der Waals surface area contributed by atoms with Crippen LogP contribution in [0.1, 0.15) is 12.0 Å². The van der Waals surface area contributed by atoms with Crippen molar-refractivity contribution >= 4 is 5.97 Å². The van der Waals surface area contributed by atoms with Crippen LogP contribution < -0.4 is 15.2 Å². The zero-order valence-electron chi connectivity index (χ0n) is 10.3. The number of nitrogens with two attached hydrogens (primary N) is 1. The molecule has 0 bridgehead atoms. The Kier molecular flexibility index (Phi) is 4.04. The Morgan fingerprint density at radius 1 is 1.39 bits per heavy atom. The summed E-state index contributed by atoms with van der Waals surface area (Å²) in [6, 6.07) is 5.46. The number of hydrogen-bond donors (Lipinski definition) is 1. The van der Waals surface area contributed by atoms with E-state index in [-0.39, 0.29) is 18.4 Å². The maximum Gasteiger partial charge on any atom is 0.307 e. The van der Waals surface area contributed by atoms with E-state index in [0.29, 0.717) is 19.6 Å². The molecule has 1 heterocycles. The molecule has 0 amide bonds. The molecule has 2 N–H and O–H groups in total. The molecule has 0 spiro atoms. The van der Waals surface area contributed by atoms with Crippen LogP contribution in [-0.4, -0.2) is 32.3 Å². The molecule has 0 saturated heterocycles. The maximum atomic E-state index is 11.1. The van der Waals surface area contributed by atoms with Crippen LogP contribution in [0.3, 0.4) is 0 Å². The SMILES string of the molecule is COC(=O)CC(N)Cc1ccc2c(c1)OCCO2. The lowest BCUT2D eigenvalue weighted by atomic mass is 10.0. The average molecular weight is 251 g/mol. The van der Waals surface area contributed by atoms with Gasteiger partial charge in [-0.25, -0.2) is 0 Å². The predicted molar refractivity (Wildman–Crippen MR) is 65.7 cm³/mol. The van der Waals surface area contributed by atoms with Crippen LogP contribution in [0.25, 0.3) is 0 Å². The molecule has 1 atom stereocenters. The summed E-state index contributed by atoms with van der Waals surface area (Å²) in [5, 5.41) is 0. The van der Waals surface area contributed by atoms with E-state index in [4.69, 9.17) is 15.2 Å². The molecule has 0 aliphatic carbocycles. The van der Waals surface area contributed by atoms with Gasteiger partial charge < -0.3 is 19.9 Å². The van der Waals surface area contributed by atoms with Crippen molar-refractivity contribution in [3.8, 4) is 11.5 Å². The van der Waals surface area contributed by atoms with E-state index in [2.05, 4.69) is 4.74 Å². The highest BCUT2D eigenvalue weighted by Gasteiger charge is 2.14. The fourth-order valence-electron chi connectivity index (χ4n) is 1.89. The first-order chi connectivity index (χ1) is 8.69. The number of ether oxygens (including phenoxy) is 3. The fraction of sp³-hybridized carbons (Fsp3) is 0.462. The van der Waals surface area contributed by atoms with Crippen molar-refractivity contribution in [2.24, 2.45) is 5.73 Å². The van der Waals surface area contributed by atoms with Crippen molar-refractivity contribution in [3.05, 3.63) is 23.8 Å². The van der Waals surface area contributed by atoms with Crippen molar-refractivity contribution in [1.82, 2.24) is 0 Å². The number of esters is 1. The number of carbonyl (C=O) groups excluding carboxylic acids is 1. The first-order valence-corrected chi connectivity index (χ1v) is 5.90. The fourth-order valence-corrected chi connectivity index (χ4v) is 1.89. The summed E-state index contributed by atoms with van der Waals surface area (Å²) in [5.41, 5.74) is 6.91. The molecule has 1 aliphatic heterocycles. The standard InChI is InChI=1S/C13H17NO4/c1-16-13(15)8-10(14)6-9-2-3-11-12(7-9)18-5-4-17-11/h2-3,7,10H,4-6,8,14H2,1H3. The van der Waals surface area contributed by atoms with E-state index in [0.717, 1.165) is 17.1 Å². The second kappa shape index (κ2) is 5.73. The topological polar surface area (TPSA) is 70.8 Å². The van der Waals surface area contributed by atoms with E-state index in [1.54, 1.807) is 0 Å². The van der Waals surface area contributed by atoms with Gasteiger partial charge in [0.15, 0.2) is 11.5 Å². The molecule has 0 aromatic heterocycles. The minimum atomic E-state index is -0.292. The number of benzene rings is 1. The third kappa shape index (κ3) is 3.13. The molecule has 1 aliphatic rings. The Hall–Kier alpha value is -1.75. The van der Waals surface area contributed by atoms with Gasteiger partial charge in [0.05, 0.1) is 13.5 Å². The van der Waals surface area contributed by atoms with Crippen molar-refractivity contribution < 1.29 is 19.0 Å². The van der Waals surface area contributed by atoms with Gasteiger partial charge in [-0.05, 0) is 24.1 Å². The minimum absolute atomic E-state index is 0.213. The summed E-state index contributed by atoms with van der Waals surface area (Å²) in [5.74, 6) is 1.20. The van der Waals surface area contributed by atoms with Crippen LogP contribution in [0.4, 0.5) is 0 Å². The Morgan fingerprint density at radius 3 is 2.83 bits per heavy atom. The van der Waals surface area contributed by atoms with Crippen molar-refractivity contribution in [2.75, 3.05) is 20.3 Å². The van der Waals surface area contributed by atoms with Gasteiger partial charge in [0.1, 0.15) is 13.2 Å². The summed E-state index contributed by atoms with van der Waals surface area (Å²) in [6.07, 6.45) is 0.816. The molecule has 1 unspecified atom stereocenters. The third-order valence-corrected chi connectivity index (χ3v) is 2.76. The van der Waals surface area contributed by atoms with Gasteiger partial charge in [0.2, 0.25) is 0 Å². The Balaban J connectivity index is 1.99. The van der Waals surface area contributed by atoms with E-state index < -0.39 is 0 Å². The molecular weight excluding hydrogens is 234 g/mol. The molecule has 0 radical (unpaired) electrons. The van der Waals surface area contributed by atoms with Gasteiger partial charge in [-0.3, -0.25) is 4.79 Å². The first kappa shape index (κ1) is 12.7. The maximum absolute atomic E-state index is 11.1. The number of fused-ring (bicyclic) bond motifs is 1. The van der Waals surface area contributed by atoms with E-state index in [1.807, 2.05) is 18.2 Å². The largest absolute Gasteiger partial charge is 0.486 e. The van der Waals surface area contributed by atoms with E-state index in [9.17, 15) is 4.79 Å². The summed E-state index contributed by atoms with van der Waals surface area (Å²) >= 11 is 0. The second-order valence-electron chi connectivity index (χ2n) is 4.22. The van der Waals surface area contributed by atoms with Crippen LogP contribution in [0.15, 0.2) is 18.2 Å². The van der Waals surface area contributed by atoms with Gasteiger partial charge in [0.25, 0.3) is 0 Å². The lowest BCUT2D eigenvalue weighted by Gasteiger charge is -2.19. The van der Waals surface area contributed by atoms with Crippen LogP contribution in [0.5, 0.6) is 11.5 Å². The lowest BCUT2D eigenvalue weighted by molar-refractivity contribution is -0.140. The monoisotopic (exact) mass is 251 g/mol. The van der Waals surface area contributed by atoms with Crippen LogP contribution >= 0.6 is 0 Å².